The van der Waals surface area contributed by atoms with Crippen molar-refractivity contribution in [3.05, 3.63) is 64.4 Å². The number of nitrogens with zero attached hydrogens (tertiary/aromatic N) is 1. The third kappa shape index (κ3) is 5.32. The van der Waals surface area contributed by atoms with Gasteiger partial charge in [-0.1, -0.05) is 36.7 Å². The van der Waals surface area contributed by atoms with Crippen molar-refractivity contribution in [3.8, 4) is 5.75 Å². The quantitative estimate of drug-likeness (QED) is 0.635. The van der Waals surface area contributed by atoms with Crippen LogP contribution in [0.5, 0.6) is 5.75 Å². The molecule has 30 heavy (non-hydrogen) atoms. The predicted molar refractivity (Wildman–Crippen MR) is 115 cm³/mol. The summed E-state index contributed by atoms with van der Waals surface area (Å²) >= 11 is 6.15. The van der Waals surface area contributed by atoms with Crippen LogP contribution in [-0.2, 0) is 27.6 Å². The summed E-state index contributed by atoms with van der Waals surface area (Å²) in [5.41, 5.74) is 1.31. The standard InChI is InChI=1S/C22H25ClFNO4S/c1-3-16-7-9-18(10-8-16)29-15(2)22(26)25(17-11-12-30(27,28)14-17)13-19-20(23)5-4-6-21(19)24/h4-10,15,17H,3,11-14H2,1-2H3. The molecule has 1 aliphatic rings. The molecule has 2 aromatic rings. The zero-order valence-electron chi connectivity index (χ0n) is 17.0. The Morgan fingerprint density at radius 1 is 1.27 bits per heavy atom. The normalized spacial score (nSPS) is 18.7. The molecule has 0 saturated carbocycles. The van der Waals surface area contributed by atoms with Crippen molar-refractivity contribution in [3.63, 3.8) is 0 Å². The van der Waals surface area contributed by atoms with E-state index in [0.717, 1.165) is 12.0 Å². The highest BCUT2D eigenvalue weighted by molar-refractivity contribution is 7.91. The molecule has 1 aliphatic heterocycles. The molecule has 1 fully saturated rings. The lowest BCUT2D eigenvalue weighted by atomic mass is 10.1. The van der Waals surface area contributed by atoms with Crippen molar-refractivity contribution in [1.82, 2.24) is 4.90 Å². The zero-order valence-corrected chi connectivity index (χ0v) is 18.5. The van der Waals surface area contributed by atoms with Crippen molar-refractivity contribution in [2.45, 2.75) is 45.4 Å². The van der Waals surface area contributed by atoms with Crippen molar-refractivity contribution in [2.24, 2.45) is 0 Å². The van der Waals surface area contributed by atoms with Crippen LogP contribution < -0.4 is 4.74 Å². The first-order valence-corrected chi connectivity index (χ1v) is 12.1. The largest absolute Gasteiger partial charge is 0.481 e. The molecule has 0 bridgehead atoms. The number of hydrogen-bond acceptors (Lipinski definition) is 4. The number of aryl methyl sites for hydroxylation is 1. The second-order valence-corrected chi connectivity index (χ2v) is 10.1. The smallest absolute Gasteiger partial charge is 0.263 e. The molecule has 8 heteroatoms. The molecule has 1 heterocycles. The van der Waals surface area contributed by atoms with Crippen LogP contribution >= 0.6 is 11.6 Å². The van der Waals surface area contributed by atoms with E-state index >= 15 is 0 Å². The van der Waals surface area contributed by atoms with Gasteiger partial charge in [-0.25, -0.2) is 12.8 Å². The molecule has 2 atom stereocenters. The van der Waals surface area contributed by atoms with Gasteiger partial charge in [-0.05, 0) is 49.6 Å². The van der Waals surface area contributed by atoms with E-state index in [1.54, 1.807) is 25.1 Å². The van der Waals surface area contributed by atoms with Gasteiger partial charge in [0.1, 0.15) is 11.6 Å². The topological polar surface area (TPSA) is 63.7 Å². The van der Waals surface area contributed by atoms with Crippen LogP contribution in [0.2, 0.25) is 5.02 Å². The van der Waals surface area contributed by atoms with Crippen LogP contribution in [0.25, 0.3) is 0 Å². The Balaban J connectivity index is 1.83. The highest BCUT2D eigenvalue weighted by Gasteiger charge is 2.37. The number of amides is 1. The third-order valence-corrected chi connectivity index (χ3v) is 7.42. The number of hydrogen-bond donors (Lipinski definition) is 0. The Bertz CT molecular complexity index is 990. The summed E-state index contributed by atoms with van der Waals surface area (Å²) in [4.78, 5) is 14.6. The second kappa shape index (κ2) is 9.35. The van der Waals surface area contributed by atoms with Gasteiger partial charge in [0.25, 0.3) is 5.91 Å². The molecule has 2 unspecified atom stereocenters. The van der Waals surface area contributed by atoms with Crippen molar-refractivity contribution in [2.75, 3.05) is 11.5 Å². The van der Waals surface area contributed by atoms with Crippen LogP contribution in [-0.4, -0.2) is 42.9 Å². The summed E-state index contributed by atoms with van der Waals surface area (Å²) in [6.07, 6.45) is 0.325. The summed E-state index contributed by atoms with van der Waals surface area (Å²) in [5, 5.41) is 0.192. The molecule has 0 aromatic heterocycles. The van der Waals surface area contributed by atoms with Gasteiger partial charge in [0, 0.05) is 16.6 Å². The summed E-state index contributed by atoms with van der Waals surface area (Å²) < 4.78 is 44.2. The van der Waals surface area contributed by atoms with Crippen LogP contribution in [0, 0.1) is 5.82 Å². The number of ether oxygens (including phenoxy) is 1. The number of carbonyl (C=O) groups excluding carboxylic acids is 1. The van der Waals surface area contributed by atoms with Gasteiger partial charge in [0.05, 0.1) is 18.1 Å². The number of rotatable bonds is 7. The number of carbonyl (C=O) groups is 1. The fourth-order valence-electron chi connectivity index (χ4n) is 3.55. The summed E-state index contributed by atoms with van der Waals surface area (Å²) in [7, 11) is -3.24. The minimum absolute atomic E-state index is 0.000167. The molecule has 0 radical (unpaired) electrons. The van der Waals surface area contributed by atoms with Gasteiger partial charge < -0.3 is 9.64 Å². The number of sulfone groups is 1. The van der Waals surface area contributed by atoms with Crippen molar-refractivity contribution in [1.29, 1.82) is 0 Å². The zero-order chi connectivity index (χ0) is 21.9. The number of benzene rings is 2. The van der Waals surface area contributed by atoms with E-state index in [2.05, 4.69) is 0 Å². The number of halogens is 2. The molecule has 5 nitrogen and oxygen atoms in total. The molecule has 0 spiro atoms. The van der Waals surface area contributed by atoms with Gasteiger partial charge in [-0.2, -0.15) is 0 Å². The highest BCUT2D eigenvalue weighted by atomic mass is 35.5. The molecular weight excluding hydrogens is 429 g/mol. The van der Waals surface area contributed by atoms with Gasteiger partial charge in [0.15, 0.2) is 15.9 Å². The maximum Gasteiger partial charge on any atom is 0.263 e. The van der Waals surface area contributed by atoms with Gasteiger partial charge in [0.2, 0.25) is 0 Å². The Labute approximate surface area is 181 Å². The Kier molecular flexibility index (Phi) is 7.03. The van der Waals surface area contributed by atoms with E-state index in [4.69, 9.17) is 16.3 Å². The predicted octanol–water partition coefficient (Wildman–Crippen LogP) is 4.02. The minimum atomic E-state index is -3.24. The summed E-state index contributed by atoms with van der Waals surface area (Å²) in [6.45, 7) is 3.53. The first kappa shape index (κ1) is 22.6. The third-order valence-electron chi connectivity index (χ3n) is 5.31. The maximum absolute atomic E-state index is 14.4. The molecule has 0 N–H and O–H groups in total. The molecule has 1 amide bonds. The van der Waals surface area contributed by atoms with E-state index in [1.807, 2.05) is 19.1 Å². The van der Waals surface area contributed by atoms with Crippen molar-refractivity contribution < 1.29 is 22.3 Å². The van der Waals surface area contributed by atoms with Gasteiger partial charge in [-0.15, -0.1) is 0 Å². The summed E-state index contributed by atoms with van der Waals surface area (Å²) in [5.74, 6) is -0.556. The SMILES string of the molecule is CCc1ccc(OC(C)C(=O)N(Cc2c(F)cccc2Cl)C2CCS(=O)(=O)C2)cc1. The maximum atomic E-state index is 14.4. The van der Waals surface area contributed by atoms with E-state index in [0.29, 0.717) is 12.2 Å². The van der Waals surface area contributed by atoms with Gasteiger partial charge >= 0.3 is 0 Å². The first-order chi connectivity index (χ1) is 14.2. The fourth-order valence-corrected chi connectivity index (χ4v) is 5.51. The lowest BCUT2D eigenvalue weighted by molar-refractivity contribution is -0.140. The fraction of sp³-hybridized carbons (Fsp3) is 0.409. The average molecular weight is 454 g/mol. The lowest BCUT2D eigenvalue weighted by Crippen LogP contribution is -2.46. The molecule has 1 saturated heterocycles. The molecule has 3 rings (SSSR count). The van der Waals surface area contributed by atoms with Crippen LogP contribution in [0.3, 0.4) is 0 Å². The molecule has 0 aliphatic carbocycles. The van der Waals surface area contributed by atoms with Crippen LogP contribution in [0.4, 0.5) is 4.39 Å². The summed E-state index contributed by atoms with van der Waals surface area (Å²) in [6, 6.07) is 11.2. The Morgan fingerprint density at radius 3 is 2.53 bits per heavy atom. The Morgan fingerprint density at radius 2 is 1.97 bits per heavy atom. The molecular formula is C22H25ClFNO4S. The highest BCUT2D eigenvalue weighted by Crippen LogP contribution is 2.26. The monoisotopic (exact) mass is 453 g/mol. The van der Waals surface area contributed by atoms with Crippen LogP contribution in [0.1, 0.15) is 31.4 Å². The van der Waals surface area contributed by atoms with Crippen molar-refractivity contribution >= 4 is 27.3 Å². The Hall–Kier alpha value is -2.12. The lowest BCUT2D eigenvalue weighted by Gasteiger charge is -2.31. The minimum Gasteiger partial charge on any atom is -0.481 e. The van der Waals surface area contributed by atoms with Crippen LogP contribution in [0.15, 0.2) is 42.5 Å². The average Bonchev–Trinajstić information content (AvgIpc) is 3.07. The van der Waals surface area contributed by atoms with Gasteiger partial charge in [-0.3, -0.25) is 4.79 Å². The molecule has 162 valence electrons. The second-order valence-electron chi connectivity index (χ2n) is 7.48. The molecule has 2 aromatic carbocycles. The van der Waals surface area contributed by atoms with E-state index in [1.165, 1.54) is 17.0 Å². The first-order valence-electron chi connectivity index (χ1n) is 9.89. The van der Waals surface area contributed by atoms with E-state index < -0.39 is 33.7 Å². The van der Waals surface area contributed by atoms with E-state index in [-0.39, 0.29) is 28.6 Å². The van der Waals surface area contributed by atoms with E-state index in [9.17, 15) is 17.6 Å².